The van der Waals surface area contributed by atoms with Gasteiger partial charge in [-0.05, 0) is 51.4 Å². The summed E-state index contributed by atoms with van der Waals surface area (Å²) in [5.41, 5.74) is -0.410. The summed E-state index contributed by atoms with van der Waals surface area (Å²) in [5.74, 6) is -0.487. The van der Waals surface area contributed by atoms with E-state index in [0.717, 1.165) is 64.6 Å². The van der Waals surface area contributed by atoms with Gasteiger partial charge in [0.2, 0.25) is 5.69 Å². The van der Waals surface area contributed by atoms with Crippen molar-refractivity contribution in [2.24, 2.45) is 0 Å². The van der Waals surface area contributed by atoms with E-state index in [0.29, 0.717) is 6.61 Å². The monoisotopic (exact) mass is 407 g/mol. The second-order valence-corrected chi connectivity index (χ2v) is 8.03. The van der Waals surface area contributed by atoms with Crippen LogP contribution in [0, 0.1) is 10.1 Å². The van der Waals surface area contributed by atoms with Crippen LogP contribution in [-0.4, -0.2) is 64.1 Å². The van der Waals surface area contributed by atoms with Gasteiger partial charge in [-0.3, -0.25) is 19.8 Å². The third kappa shape index (κ3) is 4.76. The van der Waals surface area contributed by atoms with Gasteiger partial charge in [0, 0.05) is 32.3 Å². The van der Waals surface area contributed by atoms with Gasteiger partial charge in [-0.1, -0.05) is 0 Å². The van der Waals surface area contributed by atoms with E-state index in [1.807, 2.05) is 0 Å². The molecule has 0 aromatic carbocycles. The molecule has 4 heterocycles. The predicted molar refractivity (Wildman–Crippen MR) is 103 cm³/mol. The maximum Gasteiger partial charge on any atom is 0.320 e. The topological polar surface area (TPSA) is 112 Å². The quantitative estimate of drug-likeness (QED) is 0.588. The second kappa shape index (κ2) is 9.19. The third-order valence-electron chi connectivity index (χ3n) is 6.00. The van der Waals surface area contributed by atoms with Gasteiger partial charge in [0.15, 0.2) is 0 Å². The van der Waals surface area contributed by atoms with Crippen LogP contribution in [0.4, 0.5) is 5.69 Å². The lowest BCUT2D eigenvalue weighted by atomic mass is 10.0. The van der Waals surface area contributed by atoms with Crippen LogP contribution in [0.1, 0.15) is 68.1 Å². The van der Waals surface area contributed by atoms with Gasteiger partial charge >= 0.3 is 5.69 Å². The lowest BCUT2D eigenvalue weighted by Crippen LogP contribution is -2.49. The normalized spacial score (nSPS) is 26.9. The number of hydrogen-bond donors (Lipinski definition) is 1. The minimum absolute atomic E-state index is 0.0157. The Bertz CT molecular complexity index is 719. The summed E-state index contributed by atoms with van der Waals surface area (Å²) in [6.07, 6.45) is 8.81. The molecule has 160 valence electrons. The van der Waals surface area contributed by atoms with Gasteiger partial charge in [-0.25, -0.2) is 4.68 Å². The first-order chi connectivity index (χ1) is 14.1. The van der Waals surface area contributed by atoms with Gasteiger partial charge in [0.05, 0.1) is 4.92 Å². The number of carbonyl (C=O) groups excluding carboxylic acids is 1. The Kier molecular flexibility index (Phi) is 6.41. The average molecular weight is 407 g/mol. The Labute approximate surface area is 169 Å². The Morgan fingerprint density at radius 3 is 2.31 bits per heavy atom. The number of hydrogen-bond acceptors (Lipinski definition) is 7. The molecule has 3 fully saturated rings. The summed E-state index contributed by atoms with van der Waals surface area (Å²) in [4.78, 5) is 26.0. The van der Waals surface area contributed by atoms with Crippen molar-refractivity contribution >= 4 is 11.6 Å². The molecule has 1 N–H and O–H groups in total. The summed E-state index contributed by atoms with van der Waals surface area (Å²) >= 11 is 0. The summed E-state index contributed by atoms with van der Waals surface area (Å²) in [5, 5.41) is 18.6. The van der Waals surface area contributed by atoms with E-state index in [-0.39, 0.29) is 29.9 Å². The van der Waals surface area contributed by atoms with Crippen LogP contribution >= 0.6 is 0 Å². The molecule has 2 atom stereocenters. The summed E-state index contributed by atoms with van der Waals surface area (Å²) in [6.45, 7) is 3.12. The van der Waals surface area contributed by atoms with Crippen LogP contribution < -0.4 is 5.32 Å². The lowest BCUT2D eigenvalue weighted by molar-refractivity contribution is -0.385. The third-order valence-corrected chi connectivity index (χ3v) is 6.00. The van der Waals surface area contributed by atoms with Crippen LogP contribution in [0.3, 0.4) is 0 Å². The molecule has 4 rings (SSSR count). The highest BCUT2D eigenvalue weighted by atomic mass is 16.6. The van der Waals surface area contributed by atoms with E-state index in [4.69, 9.17) is 9.47 Å². The number of ether oxygens (including phenoxy) is 2. The second-order valence-electron chi connectivity index (χ2n) is 8.03. The number of nitro groups is 1. The van der Waals surface area contributed by atoms with Gasteiger partial charge < -0.3 is 14.8 Å². The van der Waals surface area contributed by atoms with E-state index in [1.165, 1.54) is 17.3 Å². The number of nitrogens with one attached hydrogen (secondary N) is 1. The average Bonchev–Trinajstić information content (AvgIpc) is 3.22. The zero-order valence-corrected chi connectivity index (χ0v) is 16.6. The standard InChI is InChI=1S/C19H29N5O5/c25-19(20-14-7-9-22(10-8-14)16-5-1-3-11-28-16)18-15(24(26)27)13-23(21-18)17-6-2-4-12-29-17/h13-14,16-17H,1-12H2,(H,20,25)/t16-,17-/m0/s1. The Balaban J connectivity index is 1.36. The van der Waals surface area contributed by atoms with Gasteiger partial charge in [0.25, 0.3) is 5.91 Å². The molecule has 0 aliphatic carbocycles. The Hall–Kier alpha value is -2.04. The molecule has 0 radical (unpaired) electrons. The maximum absolute atomic E-state index is 12.7. The molecule has 29 heavy (non-hydrogen) atoms. The zero-order valence-electron chi connectivity index (χ0n) is 16.6. The molecule has 3 aliphatic heterocycles. The van der Waals surface area contributed by atoms with Crippen LogP contribution in [0.25, 0.3) is 0 Å². The number of nitrogens with zero attached hydrogens (tertiary/aromatic N) is 4. The van der Waals surface area contributed by atoms with Gasteiger partial charge in [0.1, 0.15) is 18.7 Å². The first-order valence-corrected chi connectivity index (χ1v) is 10.6. The van der Waals surface area contributed by atoms with Crippen LogP contribution in [0.2, 0.25) is 0 Å². The lowest BCUT2D eigenvalue weighted by Gasteiger charge is -2.39. The van der Waals surface area contributed by atoms with E-state index in [1.54, 1.807) is 0 Å². The summed E-state index contributed by atoms with van der Waals surface area (Å²) in [7, 11) is 0. The molecule has 0 spiro atoms. The molecule has 1 amide bonds. The van der Waals surface area contributed by atoms with Crippen LogP contribution in [0.15, 0.2) is 6.20 Å². The van der Waals surface area contributed by atoms with Gasteiger partial charge in [-0.2, -0.15) is 5.10 Å². The Morgan fingerprint density at radius 2 is 1.72 bits per heavy atom. The number of rotatable bonds is 5. The first kappa shape index (κ1) is 20.2. The molecule has 0 saturated carbocycles. The molecule has 0 unspecified atom stereocenters. The first-order valence-electron chi connectivity index (χ1n) is 10.6. The fourth-order valence-corrected chi connectivity index (χ4v) is 4.35. The number of carbonyl (C=O) groups is 1. The molecule has 10 nitrogen and oxygen atoms in total. The molecule has 0 bridgehead atoms. The molecule has 1 aromatic heterocycles. The summed E-state index contributed by atoms with van der Waals surface area (Å²) < 4.78 is 12.9. The van der Waals surface area contributed by atoms with Crippen molar-refractivity contribution in [3.05, 3.63) is 22.0 Å². The van der Waals surface area contributed by atoms with Crippen molar-refractivity contribution in [1.29, 1.82) is 0 Å². The smallest absolute Gasteiger partial charge is 0.320 e. The fourth-order valence-electron chi connectivity index (χ4n) is 4.35. The van der Waals surface area contributed by atoms with E-state index in [2.05, 4.69) is 15.3 Å². The molecule has 3 saturated heterocycles. The van der Waals surface area contributed by atoms with E-state index < -0.39 is 10.8 Å². The van der Waals surface area contributed by atoms with Gasteiger partial charge in [-0.15, -0.1) is 0 Å². The highest BCUT2D eigenvalue weighted by Crippen LogP contribution is 2.26. The summed E-state index contributed by atoms with van der Waals surface area (Å²) in [6, 6.07) is -0.0157. The van der Waals surface area contributed by atoms with Crippen molar-refractivity contribution in [3.8, 4) is 0 Å². The number of aromatic nitrogens is 2. The number of amides is 1. The molecule has 1 aromatic rings. The zero-order chi connectivity index (χ0) is 20.2. The van der Waals surface area contributed by atoms with Crippen molar-refractivity contribution in [2.75, 3.05) is 26.3 Å². The van der Waals surface area contributed by atoms with Crippen LogP contribution in [0.5, 0.6) is 0 Å². The highest BCUT2D eigenvalue weighted by molar-refractivity contribution is 5.96. The molecular weight excluding hydrogens is 378 g/mol. The maximum atomic E-state index is 12.7. The SMILES string of the molecule is O=C(NC1CCN([C@@H]2CCCCO2)CC1)c1nn([C@@H]2CCCCO2)cc1[N+](=O)[O-]. The number of likely N-dealkylation sites (tertiary alicyclic amines) is 1. The van der Waals surface area contributed by atoms with E-state index in [9.17, 15) is 14.9 Å². The molecular formula is C19H29N5O5. The molecule has 10 heteroatoms. The highest BCUT2D eigenvalue weighted by Gasteiger charge is 2.32. The number of piperidine rings is 1. The van der Waals surface area contributed by atoms with Crippen LogP contribution in [-0.2, 0) is 9.47 Å². The van der Waals surface area contributed by atoms with Crippen molar-refractivity contribution in [2.45, 2.75) is 69.9 Å². The van der Waals surface area contributed by atoms with Crippen molar-refractivity contribution < 1.29 is 19.2 Å². The largest absolute Gasteiger partial charge is 0.363 e. The predicted octanol–water partition coefficient (Wildman–Crippen LogP) is 2.21. The Morgan fingerprint density at radius 1 is 1.07 bits per heavy atom. The minimum atomic E-state index is -0.551. The minimum Gasteiger partial charge on any atom is -0.363 e. The molecule has 3 aliphatic rings. The van der Waals surface area contributed by atoms with E-state index >= 15 is 0 Å². The van der Waals surface area contributed by atoms with Crippen molar-refractivity contribution in [1.82, 2.24) is 20.0 Å². The van der Waals surface area contributed by atoms with Crippen molar-refractivity contribution in [3.63, 3.8) is 0 Å². The fraction of sp³-hybridized carbons (Fsp3) is 0.789.